The summed E-state index contributed by atoms with van der Waals surface area (Å²) < 4.78 is 32.3. The molecule has 0 aliphatic rings. The van der Waals surface area contributed by atoms with Gasteiger partial charge in [-0.1, -0.05) is 30.3 Å². The molecule has 5 nitrogen and oxygen atoms in total. The van der Waals surface area contributed by atoms with Gasteiger partial charge >= 0.3 is 0 Å². The normalized spacial score (nSPS) is 11.7. The van der Waals surface area contributed by atoms with Crippen molar-refractivity contribution in [3.63, 3.8) is 0 Å². The third kappa shape index (κ3) is 4.31. The molecule has 0 amide bonds. The van der Waals surface area contributed by atoms with Gasteiger partial charge in [0.2, 0.25) is 10.0 Å². The monoisotopic (exact) mass is 362 g/mol. The molecule has 0 atom stereocenters. The Bertz CT molecular complexity index is 885. The van der Waals surface area contributed by atoms with Gasteiger partial charge in [-0.2, -0.15) is 0 Å². The first-order valence-electron chi connectivity index (χ1n) is 7.55. The van der Waals surface area contributed by atoms with Crippen LogP contribution in [-0.2, 0) is 23.0 Å². The Balaban J connectivity index is 1.60. The fourth-order valence-corrected chi connectivity index (χ4v) is 4.32. The van der Waals surface area contributed by atoms with E-state index in [0.29, 0.717) is 12.2 Å². The van der Waals surface area contributed by atoms with Crippen LogP contribution in [0.2, 0.25) is 0 Å². The number of thiazole rings is 1. The van der Waals surface area contributed by atoms with E-state index in [1.165, 1.54) is 11.3 Å². The maximum Gasteiger partial charge on any atom is 0.212 e. The summed E-state index contributed by atoms with van der Waals surface area (Å²) in [4.78, 5) is 5.33. The lowest BCUT2D eigenvalue weighted by Gasteiger charge is -2.06. The van der Waals surface area contributed by atoms with Gasteiger partial charge in [0.15, 0.2) is 10.8 Å². The molecule has 1 aromatic carbocycles. The zero-order valence-electron chi connectivity index (χ0n) is 13.2. The number of nitrogens with zero attached hydrogens (tertiary/aromatic N) is 1. The van der Waals surface area contributed by atoms with Crippen LogP contribution in [0.15, 0.2) is 53.1 Å². The number of hydrogen-bond acceptors (Lipinski definition) is 5. The van der Waals surface area contributed by atoms with Crippen LogP contribution in [-0.4, -0.2) is 19.2 Å². The number of furan rings is 1. The molecule has 126 valence electrons. The summed E-state index contributed by atoms with van der Waals surface area (Å²) in [5, 5.41) is 0.760. The summed E-state index contributed by atoms with van der Waals surface area (Å²) in [7, 11) is -3.33. The van der Waals surface area contributed by atoms with Crippen LogP contribution in [0.5, 0.6) is 0 Å². The Kier molecular flexibility index (Phi) is 5.13. The van der Waals surface area contributed by atoms with Gasteiger partial charge in [-0.3, -0.25) is 0 Å². The average molecular weight is 362 g/mol. The minimum absolute atomic E-state index is 0.0694. The van der Waals surface area contributed by atoms with E-state index < -0.39 is 10.0 Å². The molecule has 0 unspecified atom stereocenters. The molecular weight excluding hydrogens is 344 g/mol. The highest BCUT2D eigenvalue weighted by Gasteiger charge is 2.15. The molecule has 0 aliphatic carbocycles. The van der Waals surface area contributed by atoms with Crippen LogP contribution in [0, 0.1) is 6.92 Å². The number of benzene rings is 1. The summed E-state index contributed by atoms with van der Waals surface area (Å²) in [6.45, 7) is 2.12. The van der Waals surface area contributed by atoms with Crippen LogP contribution in [0.1, 0.15) is 16.1 Å². The number of nitrogens with one attached hydrogen (secondary N) is 1. The summed E-state index contributed by atoms with van der Waals surface area (Å²) >= 11 is 1.44. The average Bonchev–Trinajstić information content (AvgIpc) is 3.22. The molecule has 24 heavy (non-hydrogen) atoms. The molecule has 0 fully saturated rings. The van der Waals surface area contributed by atoms with E-state index in [-0.39, 0.29) is 12.3 Å². The molecule has 3 aromatic rings. The van der Waals surface area contributed by atoms with Crippen molar-refractivity contribution < 1.29 is 12.8 Å². The molecule has 0 spiro atoms. The Morgan fingerprint density at radius 3 is 2.67 bits per heavy atom. The SMILES string of the molecule is Cc1nc(-c2ccco2)sc1CNS(=O)(=O)CCc1ccccc1. The molecule has 7 heteroatoms. The first-order valence-corrected chi connectivity index (χ1v) is 10.0. The highest BCUT2D eigenvalue weighted by molar-refractivity contribution is 7.89. The molecule has 3 rings (SSSR count). The topological polar surface area (TPSA) is 72.2 Å². The van der Waals surface area contributed by atoms with Crippen molar-refractivity contribution in [3.05, 3.63) is 64.9 Å². The second-order valence-electron chi connectivity index (χ2n) is 5.38. The van der Waals surface area contributed by atoms with E-state index in [2.05, 4.69) is 9.71 Å². The van der Waals surface area contributed by atoms with Crippen molar-refractivity contribution in [2.45, 2.75) is 19.9 Å². The molecular formula is C17H18N2O3S2. The minimum Gasteiger partial charge on any atom is -0.462 e. The standard InChI is InChI=1S/C17H18N2O3S2/c1-13-16(23-17(19-13)15-8-5-10-22-15)12-18-24(20,21)11-9-14-6-3-2-4-7-14/h2-8,10,18H,9,11-12H2,1H3. The number of hydrogen-bond donors (Lipinski definition) is 1. The first kappa shape index (κ1) is 16.9. The van der Waals surface area contributed by atoms with Gasteiger partial charge in [-0.05, 0) is 31.0 Å². The van der Waals surface area contributed by atoms with E-state index in [9.17, 15) is 8.42 Å². The van der Waals surface area contributed by atoms with E-state index in [0.717, 1.165) is 21.1 Å². The van der Waals surface area contributed by atoms with Crippen LogP contribution in [0.25, 0.3) is 10.8 Å². The molecule has 0 saturated carbocycles. The summed E-state index contributed by atoms with van der Waals surface area (Å²) in [6.07, 6.45) is 2.09. The van der Waals surface area contributed by atoms with Gasteiger partial charge in [0.25, 0.3) is 0 Å². The Labute approximate surface area is 145 Å². The van der Waals surface area contributed by atoms with Crippen LogP contribution in [0.3, 0.4) is 0 Å². The molecule has 0 bridgehead atoms. The predicted octanol–water partition coefficient (Wildman–Crippen LogP) is 3.37. The van der Waals surface area contributed by atoms with Crippen LogP contribution < -0.4 is 4.72 Å². The molecule has 2 heterocycles. The van der Waals surface area contributed by atoms with E-state index in [4.69, 9.17) is 4.42 Å². The zero-order chi connectivity index (χ0) is 17.0. The molecule has 0 aliphatic heterocycles. The number of aryl methyl sites for hydroxylation is 2. The number of rotatable bonds is 7. The van der Waals surface area contributed by atoms with Gasteiger partial charge in [0.1, 0.15) is 0 Å². The predicted molar refractivity (Wildman–Crippen MR) is 95.3 cm³/mol. The van der Waals surface area contributed by atoms with Crippen LogP contribution >= 0.6 is 11.3 Å². The zero-order valence-corrected chi connectivity index (χ0v) is 14.9. The maximum atomic E-state index is 12.2. The summed E-state index contributed by atoms with van der Waals surface area (Å²) in [5.41, 5.74) is 1.83. The lowest BCUT2D eigenvalue weighted by molar-refractivity contribution is 0.580. The van der Waals surface area contributed by atoms with Gasteiger partial charge in [0.05, 0.1) is 17.7 Å². The molecule has 0 radical (unpaired) electrons. The smallest absolute Gasteiger partial charge is 0.212 e. The second kappa shape index (κ2) is 7.29. The van der Waals surface area contributed by atoms with Crippen molar-refractivity contribution in [2.24, 2.45) is 0 Å². The lowest BCUT2D eigenvalue weighted by atomic mass is 10.2. The van der Waals surface area contributed by atoms with Crippen molar-refractivity contribution in [1.29, 1.82) is 0 Å². The van der Waals surface area contributed by atoms with Crippen LogP contribution in [0.4, 0.5) is 0 Å². The maximum absolute atomic E-state index is 12.2. The van der Waals surface area contributed by atoms with E-state index in [1.54, 1.807) is 12.3 Å². The fraction of sp³-hybridized carbons (Fsp3) is 0.235. The third-order valence-electron chi connectivity index (χ3n) is 3.58. The molecule has 0 saturated heterocycles. The quantitative estimate of drug-likeness (QED) is 0.699. The first-order chi connectivity index (χ1) is 11.5. The van der Waals surface area contributed by atoms with Crippen molar-refractivity contribution in [2.75, 3.05) is 5.75 Å². The van der Waals surface area contributed by atoms with Crippen molar-refractivity contribution in [1.82, 2.24) is 9.71 Å². The van der Waals surface area contributed by atoms with Gasteiger partial charge in [-0.15, -0.1) is 11.3 Å². The van der Waals surface area contributed by atoms with E-state index in [1.807, 2.05) is 43.3 Å². The largest absolute Gasteiger partial charge is 0.462 e. The Hall–Kier alpha value is -1.96. The van der Waals surface area contributed by atoms with Gasteiger partial charge in [-0.25, -0.2) is 18.1 Å². The highest BCUT2D eigenvalue weighted by Crippen LogP contribution is 2.28. The minimum atomic E-state index is -3.33. The second-order valence-corrected chi connectivity index (χ2v) is 8.39. The summed E-state index contributed by atoms with van der Waals surface area (Å²) in [6, 6.07) is 13.2. The number of sulfonamides is 1. The fourth-order valence-electron chi connectivity index (χ4n) is 2.24. The highest BCUT2D eigenvalue weighted by atomic mass is 32.2. The third-order valence-corrected chi connectivity index (χ3v) is 6.08. The van der Waals surface area contributed by atoms with Crippen molar-refractivity contribution in [3.8, 4) is 10.8 Å². The Morgan fingerprint density at radius 1 is 1.17 bits per heavy atom. The van der Waals surface area contributed by atoms with Crippen molar-refractivity contribution >= 4 is 21.4 Å². The Morgan fingerprint density at radius 2 is 1.96 bits per heavy atom. The van der Waals surface area contributed by atoms with Gasteiger partial charge in [0, 0.05) is 11.4 Å². The van der Waals surface area contributed by atoms with Gasteiger partial charge < -0.3 is 4.42 Å². The number of aromatic nitrogens is 1. The molecule has 1 N–H and O–H groups in total. The lowest BCUT2D eigenvalue weighted by Crippen LogP contribution is -2.26. The summed E-state index contributed by atoms with van der Waals surface area (Å²) in [5.74, 6) is 0.765. The van der Waals surface area contributed by atoms with E-state index >= 15 is 0 Å². The molecule has 2 aromatic heterocycles.